The molecule has 7 heteroatoms. The zero-order valence-electron chi connectivity index (χ0n) is 9.43. The van der Waals surface area contributed by atoms with Crippen molar-refractivity contribution < 1.29 is 17.6 Å². The van der Waals surface area contributed by atoms with Gasteiger partial charge < -0.3 is 4.57 Å². The van der Waals surface area contributed by atoms with Crippen molar-refractivity contribution in [2.24, 2.45) is 0 Å². The maximum Gasteiger partial charge on any atom is 0.406 e. The molecule has 0 amide bonds. The van der Waals surface area contributed by atoms with Gasteiger partial charge in [0.2, 0.25) is 0 Å². The van der Waals surface area contributed by atoms with Crippen LogP contribution in [0.2, 0.25) is 5.02 Å². The van der Waals surface area contributed by atoms with E-state index in [1.54, 1.807) is 0 Å². The predicted molar refractivity (Wildman–Crippen MR) is 62.5 cm³/mol. The van der Waals surface area contributed by atoms with Crippen LogP contribution in [-0.4, -0.2) is 10.7 Å². The van der Waals surface area contributed by atoms with Crippen LogP contribution in [0.4, 0.5) is 17.6 Å². The summed E-state index contributed by atoms with van der Waals surface area (Å²) < 4.78 is 51.1. The lowest BCUT2D eigenvalue weighted by Crippen LogP contribution is -2.18. The number of benzene rings is 1. The van der Waals surface area contributed by atoms with E-state index in [0.29, 0.717) is 0 Å². The molecular weight excluding hydrogens is 284 g/mol. The highest BCUT2D eigenvalue weighted by Gasteiger charge is 2.30. The number of halogens is 5. The third kappa shape index (κ3) is 2.51. The van der Waals surface area contributed by atoms with E-state index in [0.717, 1.165) is 4.57 Å². The standard InChI is InChI=1S/C12H7ClF4N2/c13-11-7(5-18)1-2-10-9(11)3-8(4-14)19(10)6-12(15,16)17/h1-3H,4,6H2. The van der Waals surface area contributed by atoms with Crippen molar-refractivity contribution in [3.63, 3.8) is 0 Å². The Bertz CT molecular complexity index is 667. The van der Waals surface area contributed by atoms with Gasteiger partial charge in [0, 0.05) is 5.39 Å². The lowest BCUT2D eigenvalue weighted by atomic mass is 10.1. The van der Waals surface area contributed by atoms with E-state index in [1.165, 1.54) is 18.2 Å². The van der Waals surface area contributed by atoms with Crippen molar-refractivity contribution >= 4 is 22.5 Å². The summed E-state index contributed by atoms with van der Waals surface area (Å²) in [5.41, 5.74) is 0.182. The monoisotopic (exact) mass is 290 g/mol. The summed E-state index contributed by atoms with van der Waals surface area (Å²) in [7, 11) is 0. The van der Waals surface area contributed by atoms with Crippen LogP contribution in [0.3, 0.4) is 0 Å². The van der Waals surface area contributed by atoms with Gasteiger partial charge >= 0.3 is 6.18 Å². The van der Waals surface area contributed by atoms with Crippen molar-refractivity contribution in [2.75, 3.05) is 0 Å². The molecule has 0 unspecified atom stereocenters. The summed E-state index contributed by atoms with van der Waals surface area (Å²) in [5.74, 6) is 0. The van der Waals surface area contributed by atoms with Crippen LogP contribution >= 0.6 is 11.6 Å². The lowest BCUT2D eigenvalue weighted by Gasteiger charge is -2.11. The van der Waals surface area contributed by atoms with E-state index in [1.807, 2.05) is 6.07 Å². The molecule has 100 valence electrons. The molecule has 0 spiro atoms. The molecule has 0 atom stereocenters. The zero-order valence-corrected chi connectivity index (χ0v) is 10.2. The lowest BCUT2D eigenvalue weighted by molar-refractivity contribution is -0.140. The Labute approximate surface area is 110 Å². The summed E-state index contributed by atoms with van der Waals surface area (Å²) in [6.07, 6.45) is -4.46. The summed E-state index contributed by atoms with van der Waals surface area (Å²) in [5, 5.41) is 9.09. The van der Waals surface area contributed by atoms with Gasteiger partial charge in [0.15, 0.2) is 0 Å². The Morgan fingerprint density at radius 1 is 1.32 bits per heavy atom. The molecule has 0 bridgehead atoms. The maximum atomic E-state index is 12.8. The third-order valence-corrected chi connectivity index (χ3v) is 3.11. The van der Waals surface area contributed by atoms with Gasteiger partial charge in [0.05, 0.1) is 21.8 Å². The fourth-order valence-corrected chi connectivity index (χ4v) is 2.17. The Morgan fingerprint density at radius 2 is 2.00 bits per heavy atom. The number of rotatable bonds is 2. The first-order valence-electron chi connectivity index (χ1n) is 5.21. The third-order valence-electron chi connectivity index (χ3n) is 2.70. The van der Waals surface area contributed by atoms with Crippen LogP contribution in [0.15, 0.2) is 18.2 Å². The van der Waals surface area contributed by atoms with Crippen molar-refractivity contribution in [2.45, 2.75) is 19.4 Å². The van der Waals surface area contributed by atoms with E-state index in [2.05, 4.69) is 0 Å². The van der Waals surface area contributed by atoms with E-state index in [4.69, 9.17) is 16.9 Å². The summed E-state index contributed by atoms with van der Waals surface area (Å²) >= 11 is 5.92. The normalized spacial score (nSPS) is 11.8. The quantitative estimate of drug-likeness (QED) is 0.762. The van der Waals surface area contributed by atoms with Crippen molar-refractivity contribution in [1.82, 2.24) is 4.57 Å². The van der Waals surface area contributed by atoms with Gasteiger partial charge in [0.1, 0.15) is 19.3 Å². The van der Waals surface area contributed by atoms with Gasteiger partial charge in [-0.2, -0.15) is 18.4 Å². The van der Waals surface area contributed by atoms with E-state index < -0.39 is 19.4 Å². The van der Waals surface area contributed by atoms with Crippen LogP contribution in [0.5, 0.6) is 0 Å². The topological polar surface area (TPSA) is 28.7 Å². The second-order valence-corrected chi connectivity index (χ2v) is 4.32. The molecule has 2 rings (SSSR count). The number of hydrogen-bond acceptors (Lipinski definition) is 1. The van der Waals surface area contributed by atoms with E-state index >= 15 is 0 Å². The number of alkyl halides is 4. The highest BCUT2D eigenvalue weighted by Crippen LogP contribution is 2.32. The molecule has 0 N–H and O–H groups in total. The average molecular weight is 291 g/mol. The Morgan fingerprint density at radius 3 is 2.53 bits per heavy atom. The van der Waals surface area contributed by atoms with E-state index in [-0.39, 0.29) is 27.2 Å². The zero-order chi connectivity index (χ0) is 14.2. The molecule has 1 aromatic heterocycles. The maximum absolute atomic E-state index is 12.8. The van der Waals surface area contributed by atoms with E-state index in [9.17, 15) is 17.6 Å². The Kier molecular flexibility index (Phi) is 3.42. The van der Waals surface area contributed by atoms with Crippen LogP contribution < -0.4 is 0 Å². The largest absolute Gasteiger partial charge is 0.406 e. The smallest absolute Gasteiger partial charge is 0.333 e. The number of hydrogen-bond donors (Lipinski definition) is 0. The van der Waals surface area contributed by atoms with Crippen LogP contribution in [0.1, 0.15) is 11.3 Å². The molecule has 1 aromatic carbocycles. The molecule has 0 saturated carbocycles. The highest BCUT2D eigenvalue weighted by atomic mass is 35.5. The number of fused-ring (bicyclic) bond motifs is 1. The molecule has 2 aromatic rings. The van der Waals surface area contributed by atoms with Crippen molar-refractivity contribution in [3.05, 3.63) is 34.5 Å². The second-order valence-electron chi connectivity index (χ2n) is 3.94. The number of nitrogens with zero attached hydrogens (tertiary/aromatic N) is 2. The van der Waals surface area contributed by atoms with Gasteiger partial charge in [0.25, 0.3) is 0 Å². The van der Waals surface area contributed by atoms with Crippen LogP contribution in [-0.2, 0) is 13.2 Å². The van der Waals surface area contributed by atoms with Gasteiger partial charge in [-0.25, -0.2) is 4.39 Å². The molecule has 1 heterocycles. The molecule has 0 aliphatic heterocycles. The minimum atomic E-state index is -4.46. The fourth-order valence-electron chi connectivity index (χ4n) is 1.92. The van der Waals surface area contributed by atoms with Crippen molar-refractivity contribution in [3.8, 4) is 6.07 Å². The molecule has 2 nitrogen and oxygen atoms in total. The highest BCUT2D eigenvalue weighted by molar-refractivity contribution is 6.36. The molecule has 0 aliphatic carbocycles. The number of nitriles is 1. The summed E-state index contributed by atoms with van der Waals surface area (Å²) in [6.45, 7) is -2.33. The summed E-state index contributed by atoms with van der Waals surface area (Å²) in [4.78, 5) is 0. The minimum Gasteiger partial charge on any atom is -0.333 e. The Hall–Kier alpha value is -1.74. The molecule has 0 fully saturated rings. The predicted octanol–water partition coefficient (Wildman–Crippen LogP) is 4.20. The first kappa shape index (κ1) is 13.7. The van der Waals surface area contributed by atoms with Crippen LogP contribution in [0, 0.1) is 11.3 Å². The molecule has 19 heavy (non-hydrogen) atoms. The van der Waals surface area contributed by atoms with Gasteiger partial charge in [-0.1, -0.05) is 11.6 Å². The van der Waals surface area contributed by atoms with Gasteiger partial charge in [-0.15, -0.1) is 0 Å². The molecular formula is C12H7ClF4N2. The first-order chi connectivity index (χ1) is 8.87. The fraction of sp³-hybridized carbons (Fsp3) is 0.250. The SMILES string of the molecule is N#Cc1ccc2c(cc(CF)n2CC(F)(F)F)c1Cl. The minimum absolute atomic E-state index is 0.0376. The van der Waals surface area contributed by atoms with Crippen LogP contribution in [0.25, 0.3) is 10.9 Å². The van der Waals surface area contributed by atoms with Gasteiger partial charge in [-0.3, -0.25) is 0 Å². The first-order valence-corrected chi connectivity index (χ1v) is 5.58. The van der Waals surface area contributed by atoms with Gasteiger partial charge in [-0.05, 0) is 18.2 Å². The number of aromatic nitrogens is 1. The Balaban J connectivity index is 2.70. The molecule has 0 aliphatic rings. The second kappa shape index (κ2) is 4.74. The summed E-state index contributed by atoms with van der Waals surface area (Å²) in [6, 6.07) is 5.72. The average Bonchev–Trinajstić information content (AvgIpc) is 2.67. The molecule has 0 saturated heterocycles. The molecule has 0 radical (unpaired) electrons. The van der Waals surface area contributed by atoms with Crippen molar-refractivity contribution in [1.29, 1.82) is 5.26 Å².